The molecule has 2 N–H and O–H groups in total. The van der Waals surface area contributed by atoms with Crippen molar-refractivity contribution >= 4 is 23.9 Å². The van der Waals surface area contributed by atoms with Crippen molar-refractivity contribution in [3.05, 3.63) is 30.3 Å². The van der Waals surface area contributed by atoms with Crippen molar-refractivity contribution in [1.82, 2.24) is 15.1 Å². The lowest BCUT2D eigenvalue weighted by Crippen LogP contribution is -2.71. The van der Waals surface area contributed by atoms with Crippen LogP contribution in [0.3, 0.4) is 0 Å². The van der Waals surface area contributed by atoms with Crippen LogP contribution < -0.4 is 10.1 Å². The van der Waals surface area contributed by atoms with E-state index in [9.17, 15) is 24.3 Å². The van der Waals surface area contributed by atoms with Gasteiger partial charge >= 0.3 is 12.1 Å². The highest BCUT2D eigenvalue weighted by Gasteiger charge is 2.61. The molecule has 3 rings (SSSR count). The Morgan fingerprint density at radius 3 is 2.62 bits per heavy atom. The molecule has 0 aliphatic carbocycles. The van der Waals surface area contributed by atoms with Gasteiger partial charge in [0.25, 0.3) is 5.91 Å². The Balaban J connectivity index is 1.58. The molecule has 10 heteroatoms. The number of carboxylic acid groups (broad SMARTS) is 1. The van der Waals surface area contributed by atoms with Crippen LogP contribution in [0.2, 0.25) is 0 Å². The highest BCUT2D eigenvalue weighted by Crippen LogP contribution is 2.33. The second-order valence-corrected chi connectivity index (χ2v) is 6.79. The van der Waals surface area contributed by atoms with Crippen molar-refractivity contribution in [1.29, 1.82) is 0 Å². The Hall–Kier alpha value is -3.30. The largest absolute Gasteiger partial charge is 0.484 e. The molecule has 0 bridgehead atoms. The zero-order chi connectivity index (χ0) is 21.0. The van der Waals surface area contributed by atoms with Gasteiger partial charge in [-0.05, 0) is 18.6 Å². The van der Waals surface area contributed by atoms with E-state index in [0.717, 1.165) is 16.2 Å². The number of carboxylic acids is 1. The number of benzene rings is 1. The molecule has 0 aromatic heterocycles. The van der Waals surface area contributed by atoms with Crippen molar-refractivity contribution < 1.29 is 33.8 Å². The number of rotatable bonds is 8. The Labute approximate surface area is 167 Å². The molecule has 0 spiro atoms. The number of β-lactam (4-membered cyclic amide) rings is 1. The summed E-state index contributed by atoms with van der Waals surface area (Å²) in [6, 6.07) is 7.20. The second kappa shape index (κ2) is 8.80. The number of ether oxygens (including phenoxy) is 2. The van der Waals surface area contributed by atoms with Gasteiger partial charge in [-0.2, -0.15) is 0 Å². The Kier molecular flexibility index (Phi) is 6.20. The number of para-hydroxylation sites is 1. The number of hydrogen-bond donors (Lipinski definition) is 2. The first-order valence-corrected chi connectivity index (χ1v) is 9.39. The topological polar surface area (TPSA) is 125 Å². The summed E-state index contributed by atoms with van der Waals surface area (Å²) in [6.45, 7) is 1.79. The molecule has 10 nitrogen and oxygen atoms in total. The van der Waals surface area contributed by atoms with Gasteiger partial charge in [-0.1, -0.05) is 31.5 Å². The average Bonchev–Trinajstić information content (AvgIpc) is 3.08. The van der Waals surface area contributed by atoms with Crippen LogP contribution in [0.15, 0.2) is 30.3 Å². The molecule has 0 radical (unpaired) electrons. The van der Waals surface area contributed by atoms with Crippen LogP contribution in [0, 0.1) is 0 Å². The molecular weight excluding hydrogens is 382 g/mol. The lowest BCUT2D eigenvalue weighted by molar-refractivity contribution is -0.163. The number of unbranched alkanes of at least 4 members (excludes halogenated alkanes) is 1. The van der Waals surface area contributed by atoms with E-state index in [2.05, 4.69) is 5.32 Å². The van der Waals surface area contributed by atoms with Crippen LogP contribution in [0.4, 0.5) is 4.79 Å². The molecule has 2 unspecified atom stereocenters. The molecule has 2 aliphatic rings. The normalized spacial score (nSPS) is 22.5. The number of carbonyl (C=O) groups excluding carboxylic acids is 3. The van der Waals surface area contributed by atoms with Crippen LogP contribution in [0.1, 0.15) is 19.8 Å². The minimum Gasteiger partial charge on any atom is -0.484 e. The molecule has 2 fully saturated rings. The Bertz CT molecular complexity index is 785. The third-order valence-corrected chi connectivity index (χ3v) is 4.81. The molecule has 3 amide bonds. The van der Waals surface area contributed by atoms with E-state index in [1.165, 1.54) is 0 Å². The van der Waals surface area contributed by atoms with Gasteiger partial charge in [-0.15, -0.1) is 0 Å². The van der Waals surface area contributed by atoms with Gasteiger partial charge in [-0.3, -0.25) is 14.5 Å². The van der Waals surface area contributed by atoms with Crippen LogP contribution in [0.5, 0.6) is 5.75 Å². The fraction of sp³-hybridized carbons (Fsp3) is 0.474. The SMILES string of the molecule is CCCCOC(=O)N1CC2[C@@H](NC(=O)COc3ccccc3)C(=O)N2C1C(=O)O. The molecule has 0 saturated carbocycles. The van der Waals surface area contributed by atoms with Gasteiger partial charge in [-0.25, -0.2) is 9.59 Å². The number of fused-ring (bicyclic) bond motifs is 1. The van der Waals surface area contributed by atoms with E-state index in [-0.39, 0.29) is 19.8 Å². The van der Waals surface area contributed by atoms with E-state index >= 15 is 0 Å². The summed E-state index contributed by atoms with van der Waals surface area (Å²) in [4.78, 5) is 50.5. The summed E-state index contributed by atoms with van der Waals surface area (Å²) >= 11 is 0. The van der Waals surface area contributed by atoms with Gasteiger partial charge in [0.15, 0.2) is 6.61 Å². The van der Waals surface area contributed by atoms with Gasteiger partial charge in [0, 0.05) is 6.54 Å². The zero-order valence-electron chi connectivity index (χ0n) is 15.9. The summed E-state index contributed by atoms with van der Waals surface area (Å²) in [5.74, 6) is -1.88. The van der Waals surface area contributed by atoms with Gasteiger partial charge < -0.3 is 24.8 Å². The molecule has 3 atom stereocenters. The maximum Gasteiger partial charge on any atom is 0.411 e. The van der Waals surface area contributed by atoms with Crippen molar-refractivity contribution in [3.8, 4) is 5.75 Å². The van der Waals surface area contributed by atoms with Crippen molar-refractivity contribution in [2.24, 2.45) is 0 Å². The first-order chi connectivity index (χ1) is 13.9. The number of aliphatic carboxylic acids is 1. The third kappa shape index (κ3) is 4.25. The molecule has 29 heavy (non-hydrogen) atoms. The number of nitrogens with one attached hydrogen (secondary N) is 1. The van der Waals surface area contributed by atoms with E-state index < -0.39 is 42.1 Å². The third-order valence-electron chi connectivity index (χ3n) is 4.81. The first-order valence-electron chi connectivity index (χ1n) is 9.39. The molecular formula is C19H23N3O7. The van der Waals surface area contributed by atoms with Gasteiger partial charge in [0.1, 0.15) is 11.8 Å². The van der Waals surface area contributed by atoms with Crippen LogP contribution in [-0.2, 0) is 19.1 Å². The summed E-state index contributed by atoms with van der Waals surface area (Å²) in [5, 5.41) is 12.0. The molecule has 156 valence electrons. The van der Waals surface area contributed by atoms with E-state index in [1.807, 2.05) is 13.0 Å². The lowest BCUT2D eigenvalue weighted by Gasteiger charge is -2.43. The summed E-state index contributed by atoms with van der Waals surface area (Å²) < 4.78 is 10.4. The summed E-state index contributed by atoms with van der Waals surface area (Å²) in [5.41, 5.74) is 0. The first kappa shape index (κ1) is 20.4. The summed E-state index contributed by atoms with van der Waals surface area (Å²) in [6.07, 6.45) is -0.744. The Morgan fingerprint density at radius 2 is 1.97 bits per heavy atom. The quantitative estimate of drug-likeness (QED) is 0.474. The smallest absolute Gasteiger partial charge is 0.411 e. The second-order valence-electron chi connectivity index (χ2n) is 6.79. The lowest BCUT2D eigenvalue weighted by atomic mass is 9.96. The number of hydrogen-bond acceptors (Lipinski definition) is 6. The predicted molar refractivity (Wildman–Crippen MR) is 98.9 cm³/mol. The monoisotopic (exact) mass is 405 g/mol. The van der Waals surface area contributed by atoms with Gasteiger partial charge in [0.05, 0.1) is 12.6 Å². The van der Waals surface area contributed by atoms with Crippen molar-refractivity contribution in [2.45, 2.75) is 38.0 Å². The van der Waals surface area contributed by atoms with E-state index in [0.29, 0.717) is 12.2 Å². The maximum atomic E-state index is 12.4. The van der Waals surface area contributed by atoms with Gasteiger partial charge in [0.2, 0.25) is 12.1 Å². The van der Waals surface area contributed by atoms with Crippen molar-refractivity contribution in [3.63, 3.8) is 0 Å². The summed E-state index contributed by atoms with van der Waals surface area (Å²) in [7, 11) is 0. The highest BCUT2D eigenvalue weighted by atomic mass is 16.6. The molecule has 2 heterocycles. The predicted octanol–water partition coefficient (Wildman–Crippen LogP) is 0.424. The molecule has 1 aromatic rings. The molecule has 1 aromatic carbocycles. The van der Waals surface area contributed by atoms with E-state index in [1.54, 1.807) is 24.3 Å². The van der Waals surface area contributed by atoms with E-state index in [4.69, 9.17) is 9.47 Å². The number of carbonyl (C=O) groups is 4. The number of amides is 3. The zero-order valence-corrected chi connectivity index (χ0v) is 15.9. The maximum absolute atomic E-state index is 12.4. The highest BCUT2D eigenvalue weighted by molar-refractivity contribution is 5.98. The average molecular weight is 405 g/mol. The fourth-order valence-corrected chi connectivity index (χ4v) is 3.37. The minimum absolute atomic E-state index is 0.0296. The van der Waals surface area contributed by atoms with Crippen molar-refractivity contribution in [2.75, 3.05) is 19.8 Å². The molecule has 2 aliphatic heterocycles. The van der Waals surface area contributed by atoms with Crippen LogP contribution in [-0.4, -0.2) is 76.8 Å². The standard InChI is InChI=1S/C19H23N3O7/c1-2-3-9-28-19(27)21-10-13-15(17(24)22(13)16(21)18(25)26)20-14(23)11-29-12-7-5-4-6-8-12/h4-8,13,15-16H,2-3,9-11H2,1H3,(H,20,23)(H,25,26)/t13?,15-,16?/m1/s1. The Morgan fingerprint density at radius 1 is 1.24 bits per heavy atom. The van der Waals surface area contributed by atoms with Crippen LogP contribution >= 0.6 is 0 Å². The number of nitrogens with zero attached hydrogens (tertiary/aromatic N) is 2. The minimum atomic E-state index is -1.43. The van der Waals surface area contributed by atoms with Crippen LogP contribution in [0.25, 0.3) is 0 Å². The molecule has 2 saturated heterocycles. The fourth-order valence-electron chi connectivity index (χ4n) is 3.37.